The molecule has 1 fully saturated rings. The molecule has 2 atom stereocenters. The number of furan rings is 1. The van der Waals surface area contributed by atoms with Crippen molar-refractivity contribution in [2.45, 2.75) is 12.3 Å². The van der Waals surface area contributed by atoms with E-state index < -0.39 is 0 Å². The van der Waals surface area contributed by atoms with Gasteiger partial charge in [-0.1, -0.05) is 53.5 Å². The number of methoxy groups -OCH3 is 1. The number of hydrogen-bond donors (Lipinski definition) is 1. The number of ether oxygens (including phenoxy) is 1. The van der Waals surface area contributed by atoms with Gasteiger partial charge in [0, 0.05) is 45.1 Å². The summed E-state index contributed by atoms with van der Waals surface area (Å²) in [4.78, 5) is 27.3. The summed E-state index contributed by atoms with van der Waals surface area (Å²) in [6, 6.07) is 29.2. The number of ketones is 1. The van der Waals surface area contributed by atoms with Crippen LogP contribution in [0.5, 0.6) is 5.75 Å². The molecule has 2 aromatic heterocycles. The number of aromatic nitrogens is 2. The van der Waals surface area contributed by atoms with E-state index in [4.69, 9.17) is 37.5 Å². The Labute approximate surface area is 263 Å². The molecule has 0 aliphatic heterocycles. The number of carbonyl (C=O) groups excluding carboxylic acids is 2. The van der Waals surface area contributed by atoms with Crippen LogP contribution >= 0.6 is 23.2 Å². The van der Waals surface area contributed by atoms with Crippen LogP contribution in [0.25, 0.3) is 27.9 Å². The number of carbonyl (C=O) groups is 2. The Morgan fingerprint density at radius 3 is 2.45 bits per heavy atom. The van der Waals surface area contributed by atoms with Crippen LogP contribution < -0.4 is 10.1 Å². The largest absolute Gasteiger partial charge is 0.495 e. The molecule has 0 radical (unpaired) electrons. The van der Waals surface area contributed by atoms with Gasteiger partial charge in [-0.3, -0.25) is 9.59 Å². The maximum absolute atomic E-state index is 13.8. The summed E-state index contributed by atoms with van der Waals surface area (Å²) in [6.07, 6.45) is 2.60. The Bertz CT molecular complexity index is 2030. The van der Waals surface area contributed by atoms with Gasteiger partial charge in [-0.05, 0) is 73.2 Å². The van der Waals surface area contributed by atoms with Crippen LogP contribution in [0.4, 0.5) is 5.69 Å². The van der Waals surface area contributed by atoms with Gasteiger partial charge in [-0.15, -0.1) is 0 Å². The van der Waals surface area contributed by atoms with Crippen LogP contribution in [0.15, 0.2) is 108 Å². The maximum Gasteiger partial charge on any atom is 0.230 e. The maximum atomic E-state index is 13.8. The molecule has 0 saturated heterocycles. The Kier molecular flexibility index (Phi) is 7.20. The lowest BCUT2D eigenvalue weighted by atomic mass is 10.0. The highest BCUT2D eigenvalue weighted by molar-refractivity contribution is 6.32. The predicted octanol–water partition coefficient (Wildman–Crippen LogP) is 8.57. The van der Waals surface area contributed by atoms with Crippen LogP contribution in [0, 0.1) is 5.92 Å². The minimum absolute atomic E-state index is 0.0736. The Morgan fingerprint density at radius 1 is 0.955 bits per heavy atom. The molecule has 2 unspecified atom stereocenters. The van der Waals surface area contributed by atoms with Gasteiger partial charge < -0.3 is 14.5 Å². The van der Waals surface area contributed by atoms with E-state index >= 15 is 0 Å². The molecular formula is C35H25Cl2N3O4. The highest BCUT2D eigenvalue weighted by atomic mass is 35.5. The number of nitrogens with zero attached hydrogens (tertiary/aromatic N) is 2. The van der Waals surface area contributed by atoms with Crippen molar-refractivity contribution in [1.82, 2.24) is 9.78 Å². The number of anilines is 1. The summed E-state index contributed by atoms with van der Waals surface area (Å²) in [6.45, 7) is 0. The van der Waals surface area contributed by atoms with Crippen molar-refractivity contribution in [1.29, 1.82) is 0 Å². The van der Waals surface area contributed by atoms with Crippen LogP contribution in [0.2, 0.25) is 10.0 Å². The summed E-state index contributed by atoms with van der Waals surface area (Å²) >= 11 is 12.5. The molecule has 4 aromatic carbocycles. The zero-order valence-corrected chi connectivity index (χ0v) is 25.0. The Hall–Kier alpha value is -4.85. The van der Waals surface area contributed by atoms with Crippen molar-refractivity contribution in [3.05, 3.63) is 130 Å². The number of amides is 1. The zero-order chi connectivity index (χ0) is 30.4. The molecule has 0 spiro atoms. The molecule has 1 aliphatic carbocycles. The molecule has 0 bridgehead atoms. The molecule has 1 N–H and O–H groups in total. The number of halogens is 2. The number of nitrogens with one attached hydrogen (secondary N) is 1. The van der Waals surface area contributed by atoms with E-state index in [0.29, 0.717) is 44.4 Å². The Morgan fingerprint density at radius 2 is 1.70 bits per heavy atom. The van der Waals surface area contributed by atoms with Gasteiger partial charge in [-0.2, -0.15) is 5.10 Å². The molecule has 218 valence electrons. The summed E-state index contributed by atoms with van der Waals surface area (Å²) in [7, 11) is 1.57. The molecule has 6 aromatic rings. The van der Waals surface area contributed by atoms with Crippen molar-refractivity contribution in [2.24, 2.45) is 5.92 Å². The topological polar surface area (TPSA) is 86.4 Å². The molecule has 44 heavy (non-hydrogen) atoms. The molecule has 7 nitrogen and oxygen atoms in total. The fourth-order valence-corrected chi connectivity index (χ4v) is 5.90. The van der Waals surface area contributed by atoms with Crippen LogP contribution in [-0.4, -0.2) is 28.6 Å². The SMILES string of the molecule is COc1ccc(-c2nn(-c3ccccc3)cc2C2CC2C(=O)Nc2c(C(=O)c3ccc(Cl)cc3)oc3ccccc23)cc1Cl. The first-order valence-corrected chi connectivity index (χ1v) is 14.8. The third-order valence-corrected chi connectivity index (χ3v) is 8.42. The van der Waals surface area contributed by atoms with E-state index in [1.54, 1.807) is 37.4 Å². The van der Waals surface area contributed by atoms with Crippen molar-refractivity contribution in [2.75, 3.05) is 12.4 Å². The van der Waals surface area contributed by atoms with Crippen molar-refractivity contribution in [3.63, 3.8) is 0 Å². The minimum atomic E-state index is -0.344. The number of benzene rings is 4. The second kappa shape index (κ2) is 11.3. The quantitative estimate of drug-likeness (QED) is 0.172. The second-order valence-corrected chi connectivity index (χ2v) is 11.5. The summed E-state index contributed by atoms with van der Waals surface area (Å²) in [5, 5.41) is 9.59. The number of hydrogen-bond acceptors (Lipinski definition) is 5. The highest BCUT2D eigenvalue weighted by Crippen LogP contribution is 2.51. The van der Waals surface area contributed by atoms with Crippen molar-refractivity contribution < 1.29 is 18.7 Å². The van der Waals surface area contributed by atoms with Crippen molar-refractivity contribution in [3.8, 4) is 22.7 Å². The first-order chi connectivity index (χ1) is 21.4. The third kappa shape index (κ3) is 5.14. The molecule has 9 heteroatoms. The van der Waals surface area contributed by atoms with Gasteiger partial charge in [0.05, 0.1) is 29.2 Å². The van der Waals surface area contributed by atoms with E-state index in [1.165, 1.54) is 0 Å². The molecule has 7 rings (SSSR count). The fourth-order valence-electron chi connectivity index (χ4n) is 5.52. The van der Waals surface area contributed by atoms with Gasteiger partial charge in [0.15, 0.2) is 5.76 Å². The highest BCUT2D eigenvalue weighted by Gasteiger charge is 2.46. The van der Waals surface area contributed by atoms with E-state index in [2.05, 4.69) is 5.32 Å². The van der Waals surface area contributed by atoms with Crippen LogP contribution in [-0.2, 0) is 4.79 Å². The van der Waals surface area contributed by atoms with Crippen LogP contribution in [0.1, 0.15) is 34.0 Å². The van der Waals surface area contributed by atoms with E-state index in [1.807, 2.05) is 77.6 Å². The molecule has 1 amide bonds. The van der Waals surface area contributed by atoms with Gasteiger partial charge >= 0.3 is 0 Å². The number of para-hydroxylation sites is 2. The standard InChI is InChI=1S/C35H25Cl2N3O4/c1-43-30-16-13-21(17-28(30)37)31-27(19-40(39-31)23-7-3-2-4-8-23)25-18-26(25)35(42)38-32-24-9-5-6-10-29(24)44-34(32)33(41)20-11-14-22(36)15-12-20/h2-17,19,25-26H,18H2,1H3,(H,38,42). The summed E-state index contributed by atoms with van der Waals surface area (Å²) < 4.78 is 13.1. The fraction of sp³-hybridized carbons (Fsp3) is 0.114. The third-order valence-electron chi connectivity index (χ3n) is 7.87. The van der Waals surface area contributed by atoms with Crippen molar-refractivity contribution >= 4 is 51.5 Å². The monoisotopic (exact) mass is 621 g/mol. The average Bonchev–Trinajstić information content (AvgIpc) is 3.59. The number of fused-ring (bicyclic) bond motifs is 1. The summed E-state index contributed by atoms with van der Waals surface area (Å²) in [5.74, 6) is -0.315. The lowest BCUT2D eigenvalue weighted by Gasteiger charge is -2.08. The van der Waals surface area contributed by atoms with E-state index in [-0.39, 0.29) is 29.3 Å². The van der Waals surface area contributed by atoms with Gasteiger partial charge in [0.25, 0.3) is 0 Å². The first kappa shape index (κ1) is 28.0. The lowest BCUT2D eigenvalue weighted by molar-refractivity contribution is -0.117. The second-order valence-electron chi connectivity index (χ2n) is 10.6. The molecule has 1 aliphatic rings. The Balaban J connectivity index is 1.21. The van der Waals surface area contributed by atoms with Gasteiger partial charge in [0.1, 0.15) is 11.3 Å². The van der Waals surface area contributed by atoms with Gasteiger partial charge in [-0.25, -0.2) is 4.68 Å². The summed E-state index contributed by atoms with van der Waals surface area (Å²) in [5.41, 5.74) is 4.67. The molecular weight excluding hydrogens is 597 g/mol. The molecule has 2 heterocycles. The molecule has 1 saturated carbocycles. The first-order valence-electron chi connectivity index (χ1n) is 14.0. The lowest BCUT2D eigenvalue weighted by Crippen LogP contribution is -2.16. The van der Waals surface area contributed by atoms with E-state index in [9.17, 15) is 9.59 Å². The zero-order valence-electron chi connectivity index (χ0n) is 23.5. The minimum Gasteiger partial charge on any atom is -0.495 e. The smallest absolute Gasteiger partial charge is 0.230 e. The number of rotatable bonds is 8. The average molecular weight is 623 g/mol. The van der Waals surface area contributed by atoms with Gasteiger partial charge in [0.2, 0.25) is 11.7 Å². The predicted molar refractivity (Wildman–Crippen MR) is 171 cm³/mol. The van der Waals surface area contributed by atoms with Crippen LogP contribution in [0.3, 0.4) is 0 Å². The normalized spacial score (nSPS) is 15.7. The van der Waals surface area contributed by atoms with E-state index in [0.717, 1.165) is 22.5 Å².